The minimum absolute atomic E-state index is 0.000226. The van der Waals surface area contributed by atoms with E-state index in [0.29, 0.717) is 30.3 Å². The van der Waals surface area contributed by atoms with Gasteiger partial charge in [0.05, 0.1) is 17.4 Å². The number of carbonyl (C=O) groups excluding carboxylic acids is 1. The average molecular weight is 370 g/mol. The average Bonchev–Trinajstić information content (AvgIpc) is 3.39. The molecule has 2 fully saturated rings. The third-order valence-electron chi connectivity index (χ3n) is 5.06. The fourth-order valence-electron chi connectivity index (χ4n) is 3.59. The van der Waals surface area contributed by atoms with Crippen LogP contribution in [0, 0.1) is 5.92 Å². The lowest BCUT2D eigenvalue weighted by molar-refractivity contribution is -0.118. The molecule has 1 unspecified atom stereocenters. The number of hydrogen-bond acceptors (Lipinski definition) is 3. The van der Waals surface area contributed by atoms with Crippen LogP contribution < -0.4 is 9.62 Å². The highest BCUT2D eigenvalue weighted by atomic mass is 32.2. The van der Waals surface area contributed by atoms with Crippen LogP contribution in [-0.4, -0.2) is 26.6 Å². The number of carbonyl (C=O) groups is 1. The van der Waals surface area contributed by atoms with Crippen LogP contribution in [0.25, 0.3) is 0 Å². The van der Waals surface area contributed by atoms with Crippen LogP contribution in [0.5, 0.6) is 0 Å². The highest BCUT2D eigenvalue weighted by Crippen LogP contribution is 2.43. The lowest BCUT2D eigenvalue weighted by Gasteiger charge is -2.19. The largest absolute Gasteiger partial charge is 0.326 e. The van der Waals surface area contributed by atoms with Crippen LogP contribution in [0.2, 0.25) is 0 Å². The number of benzene rings is 2. The van der Waals surface area contributed by atoms with Gasteiger partial charge in [0.15, 0.2) is 0 Å². The Labute approximate surface area is 154 Å². The summed E-state index contributed by atoms with van der Waals surface area (Å²) in [5.41, 5.74) is 2.39. The van der Waals surface area contributed by atoms with E-state index in [4.69, 9.17) is 0 Å². The minimum atomic E-state index is -3.18. The van der Waals surface area contributed by atoms with Crippen molar-refractivity contribution < 1.29 is 13.2 Å². The molecule has 136 valence electrons. The molecule has 26 heavy (non-hydrogen) atoms. The number of anilines is 2. The molecular weight excluding hydrogens is 348 g/mol. The Kier molecular flexibility index (Phi) is 4.44. The van der Waals surface area contributed by atoms with Crippen molar-refractivity contribution >= 4 is 27.3 Å². The van der Waals surface area contributed by atoms with Crippen molar-refractivity contribution in [1.82, 2.24) is 0 Å². The summed E-state index contributed by atoms with van der Waals surface area (Å²) in [5, 5.41) is 2.99. The summed E-state index contributed by atoms with van der Waals surface area (Å²) in [6.45, 7) is 0.520. The topological polar surface area (TPSA) is 66.5 Å². The van der Waals surface area contributed by atoms with Gasteiger partial charge in [-0.15, -0.1) is 0 Å². The maximum atomic E-state index is 12.8. The van der Waals surface area contributed by atoms with Crippen molar-refractivity contribution in [3.63, 3.8) is 0 Å². The molecule has 0 aromatic heterocycles. The van der Waals surface area contributed by atoms with Gasteiger partial charge in [0.25, 0.3) is 0 Å². The SMILES string of the molecule is O=C(Nc1ccc(N2CCCS2(=O)=O)cc1)C(c1ccccc1)C1CC1. The third-order valence-corrected chi connectivity index (χ3v) is 6.93. The van der Waals surface area contributed by atoms with Gasteiger partial charge in [-0.1, -0.05) is 30.3 Å². The predicted molar refractivity (Wildman–Crippen MR) is 103 cm³/mol. The molecule has 0 spiro atoms. The molecule has 1 aliphatic carbocycles. The summed E-state index contributed by atoms with van der Waals surface area (Å²) in [6, 6.07) is 16.9. The smallest absolute Gasteiger partial charge is 0.235 e. The van der Waals surface area contributed by atoms with Crippen LogP contribution >= 0.6 is 0 Å². The summed E-state index contributed by atoms with van der Waals surface area (Å²) in [6.07, 6.45) is 2.82. The van der Waals surface area contributed by atoms with Crippen LogP contribution in [-0.2, 0) is 14.8 Å². The first-order valence-electron chi connectivity index (χ1n) is 9.01. The molecule has 0 bridgehead atoms. The summed E-state index contributed by atoms with van der Waals surface area (Å²) < 4.78 is 25.5. The quantitative estimate of drug-likeness (QED) is 0.878. The highest BCUT2D eigenvalue weighted by molar-refractivity contribution is 7.93. The second-order valence-electron chi connectivity index (χ2n) is 7.00. The zero-order chi connectivity index (χ0) is 18.1. The number of hydrogen-bond donors (Lipinski definition) is 1. The van der Waals surface area contributed by atoms with E-state index in [1.165, 1.54) is 4.31 Å². The molecule has 1 saturated heterocycles. The van der Waals surface area contributed by atoms with E-state index in [-0.39, 0.29) is 17.6 Å². The summed E-state index contributed by atoms with van der Waals surface area (Å²) in [4.78, 5) is 12.8. The molecule has 2 aromatic carbocycles. The second kappa shape index (κ2) is 6.76. The zero-order valence-corrected chi connectivity index (χ0v) is 15.3. The van der Waals surface area contributed by atoms with Crippen molar-refractivity contribution in [2.75, 3.05) is 21.9 Å². The van der Waals surface area contributed by atoms with E-state index in [1.54, 1.807) is 24.3 Å². The summed E-state index contributed by atoms with van der Waals surface area (Å²) in [7, 11) is -3.18. The Morgan fingerprint density at radius 1 is 1.04 bits per heavy atom. The molecule has 6 heteroatoms. The number of sulfonamides is 1. The van der Waals surface area contributed by atoms with E-state index < -0.39 is 10.0 Å². The fraction of sp³-hybridized carbons (Fsp3) is 0.350. The Balaban J connectivity index is 1.49. The molecule has 1 N–H and O–H groups in total. The van der Waals surface area contributed by atoms with Gasteiger partial charge in [-0.25, -0.2) is 8.42 Å². The summed E-state index contributed by atoms with van der Waals surface area (Å²) in [5.74, 6) is 0.479. The molecule has 4 rings (SSSR count). The molecular formula is C20H22N2O3S. The van der Waals surface area contributed by atoms with Crippen LogP contribution in [0.4, 0.5) is 11.4 Å². The van der Waals surface area contributed by atoms with Crippen molar-refractivity contribution in [3.05, 3.63) is 60.2 Å². The Bertz CT molecular complexity index is 890. The van der Waals surface area contributed by atoms with Gasteiger partial charge in [0.2, 0.25) is 15.9 Å². The second-order valence-corrected chi connectivity index (χ2v) is 9.02. The van der Waals surface area contributed by atoms with Gasteiger partial charge in [-0.3, -0.25) is 9.10 Å². The third kappa shape index (κ3) is 3.46. The molecule has 1 heterocycles. The van der Waals surface area contributed by atoms with Crippen molar-refractivity contribution in [2.45, 2.75) is 25.2 Å². The number of nitrogens with zero attached hydrogens (tertiary/aromatic N) is 1. The monoisotopic (exact) mass is 370 g/mol. The zero-order valence-electron chi connectivity index (χ0n) is 14.5. The van der Waals surface area contributed by atoms with Crippen LogP contribution in [0.3, 0.4) is 0 Å². The fourth-order valence-corrected chi connectivity index (χ4v) is 5.15. The maximum Gasteiger partial charge on any atom is 0.235 e. The van der Waals surface area contributed by atoms with E-state index in [9.17, 15) is 13.2 Å². The molecule has 0 radical (unpaired) electrons. The van der Waals surface area contributed by atoms with E-state index in [0.717, 1.165) is 18.4 Å². The first-order valence-corrected chi connectivity index (χ1v) is 10.6. The number of rotatable bonds is 5. The van der Waals surface area contributed by atoms with E-state index >= 15 is 0 Å². The molecule has 1 aliphatic heterocycles. The van der Waals surface area contributed by atoms with Crippen molar-refractivity contribution in [2.24, 2.45) is 5.92 Å². The summed E-state index contributed by atoms with van der Waals surface area (Å²) >= 11 is 0. The Morgan fingerprint density at radius 2 is 1.73 bits per heavy atom. The molecule has 2 aliphatic rings. The van der Waals surface area contributed by atoms with Crippen LogP contribution in [0.15, 0.2) is 54.6 Å². The normalized spacial score (nSPS) is 19.9. The number of amides is 1. The van der Waals surface area contributed by atoms with Gasteiger partial charge in [0, 0.05) is 12.2 Å². The first kappa shape index (κ1) is 17.1. The van der Waals surface area contributed by atoms with Crippen molar-refractivity contribution in [3.8, 4) is 0 Å². The van der Waals surface area contributed by atoms with Crippen molar-refractivity contribution in [1.29, 1.82) is 0 Å². The van der Waals surface area contributed by atoms with Gasteiger partial charge in [-0.2, -0.15) is 0 Å². The first-order chi connectivity index (χ1) is 12.5. The molecule has 1 amide bonds. The molecule has 2 aromatic rings. The Hall–Kier alpha value is -2.34. The predicted octanol–water partition coefficient (Wildman–Crippen LogP) is 3.36. The minimum Gasteiger partial charge on any atom is -0.326 e. The van der Waals surface area contributed by atoms with Gasteiger partial charge in [-0.05, 0) is 55.0 Å². The lowest BCUT2D eigenvalue weighted by atomic mass is 9.93. The highest BCUT2D eigenvalue weighted by Gasteiger charge is 2.37. The Morgan fingerprint density at radius 3 is 2.31 bits per heavy atom. The molecule has 5 nitrogen and oxygen atoms in total. The van der Waals surface area contributed by atoms with E-state index in [2.05, 4.69) is 5.32 Å². The van der Waals surface area contributed by atoms with Gasteiger partial charge >= 0.3 is 0 Å². The van der Waals surface area contributed by atoms with Crippen LogP contribution in [0.1, 0.15) is 30.7 Å². The van der Waals surface area contributed by atoms with Gasteiger partial charge < -0.3 is 5.32 Å². The van der Waals surface area contributed by atoms with E-state index in [1.807, 2.05) is 30.3 Å². The molecule has 1 saturated carbocycles. The molecule has 1 atom stereocenters. The van der Waals surface area contributed by atoms with Gasteiger partial charge in [0.1, 0.15) is 0 Å². The number of nitrogens with one attached hydrogen (secondary N) is 1. The standard InChI is InChI=1S/C20H22N2O3S/c23-20(19(16-7-8-16)15-5-2-1-3-6-15)21-17-9-11-18(12-10-17)22-13-4-14-26(22,24)25/h1-3,5-6,9-12,16,19H,4,7-8,13-14H2,(H,21,23). The lowest BCUT2D eigenvalue weighted by Crippen LogP contribution is -2.25. The maximum absolute atomic E-state index is 12.8.